The van der Waals surface area contributed by atoms with Gasteiger partial charge in [0.05, 0.1) is 6.04 Å². The molecule has 3 aliphatic rings. The van der Waals surface area contributed by atoms with Crippen LogP contribution < -0.4 is 10.6 Å². The van der Waals surface area contributed by atoms with Gasteiger partial charge in [-0.3, -0.25) is 10.1 Å². The molecule has 1 aliphatic heterocycles. The van der Waals surface area contributed by atoms with Gasteiger partial charge in [0.1, 0.15) is 5.54 Å². The van der Waals surface area contributed by atoms with E-state index in [1.165, 1.54) is 19.3 Å². The summed E-state index contributed by atoms with van der Waals surface area (Å²) in [7, 11) is 0. The molecule has 1 heterocycles. The number of rotatable bonds is 1. The Labute approximate surface area is 102 Å². The molecule has 17 heavy (non-hydrogen) atoms. The van der Waals surface area contributed by atoms with Crippen LogP contribution >= 0.6 is 0 Å². The van der Waals surface area contributed by atoms with Crippen LogP contribution in [0.4, 0.5) is 0 Å². The van der Waals surface area contributed by atoms with E-state index in [0.717, 1.165) is 18.8 Å². The van der Waals surface area contributed by atoms with Crippen molar-refractivity contribution >= 4 is 11.9 Å². The maximum atomic E-state index is 12.3. The first-order valence-corrected chi connectivity index (χ1v) is 6.79. The van der Waals surface area contributed by atoms with E-state index in [1.54, 1.807) is 0 Å². The van der Waals surface area contributed by atoms with E-state index in [4.69, 9.17) is 0 Å². The average molecular weight is 235 g/mol. The molecule has 2 saturated carbocycles. The Morgan fingerprint density at radius 1 is 1.29 bits per heavy atom. The van der Waals surface area contributed by atoms with Gasteiger partial charge in [-0.1, -0.05) is 26.7 Å². The molecule has 0 aromatic rings. The highest BCUT2D eigenvalue weighted by Crippen LogP contribution is 2.39. The second-order valence-electron chi connectivity index (χ2n) is 5.92. The fourth-order valence-corrected chi connectivity index (χ4v) is 3.13. The van der Waals surface area contributed by atoms with Crippen LogP contribution in [0.2, 0.25) is 0 Å². The van der Waals surface area contributed by atoms with Crippen molar-refractivity contribution in [2.75, 3.05) is 0 Å². The summed E-state index contributed by atoms with van der Waals surface area (Å²) in [6, 6.07) is 0.448. The monoisotopic (exact) mass is 235 g/mol. The lowest BCUT2D eigenvalue weighted by Gasteiger charge is -2.40. The van der Waals surface area contributed by atoms with E-state index in [2.05, 4.69) is 29.5 Å². The van der Waals surface area contributed by atoms with E-state index in [1.807, 2.05) is 0 Å². The summed E-state index contributed by atoms with van der Waals surface area (Å²) in [5, 5.41) is 6.33. The number of aliphatic imine (C=N–C) groups is 1. The maximum Gasteiger partial charge on any atom is 0.252 e. The normalized spacial score (nSPS) is 43.9. The van der Waals surface area contributed by atoms with E-state index in [-0.39, 0.29) is 11.4 Å². The molecular formula is C13H21N3O. The van der Waals surface area contributed by atoms with Crippen molar-refractivity contribution in [3.63, 3.8) is 0 Å². The van der Waals surface area contributed by atoms with Crippen molar-refractivity contribution in [2.45, 2.75) is 57.5 Å². The molecule has 2 aliphatic carbocycles. The van der Waals surface area contributed by atoms with Gasteiger partial charge in [0.15, 0.2) is 5.96 Å². The van der Waals surface area contributed by atoms with Gasteiger partial charge in [0, 0.05) is 0 Å². The summed E-state index contributed by atoms with van der Waals surface area (Å²) < 4.78 is 0. The van der Waals surface area contributed by atoms with Crippen molar-refractivity contribution in [1.29, 1.82) is 0 Å². The second-order valence-corrected chi connectivity index (χ2v) is 5.92. The van der Waals surface area contributed by atoms with Crippen LogP contribution in [0.15, 0.2) is 4.99 Å². The minimum absolute atomic E-state index is 0.135. The van der Waals surface area contributed by atoms with Crippen molar-refractivity contribution in [3.05, 3.63) is 0 Å². The van der Waals surface area contributed by atoms with Crippen LogP contribution in [0.3, 0.4) is 0 Å². The molecule has 2 N–H and O–H groups in total. The number of nitrogens with zero attached hydrogens (tertiary/aromatic N) is 1. The molecular weight excluding hydrogens is 214 g/mol. The standard InChI is InChI=1S/C13H21N3O/c1-8-4-3-7-13(9(8)2)11(17)15-12(16-13)14-10-5-6-10/h8-10H,3-7H2,1-2H3,(H2,14,15,16,17). The highest BCUT2D eigenvalue weighted by molar-refractivity contribution is 6.09. The lowest BCUT2D eigenvalue weighted by Crippen LogP contribution is -2.56. The Bertz CT molecular complexity index is 375. The fraction of sp³-hybridized carbons (Fsp3) is 0.846. The van der Waals surface area contributed by atoms with E-state index in [9.17, 15) is 4.79 Å². The number of carbonyl (C=O) groups excluding carboxylic acids is 1. The molecule has 0 bridgehead atoms. The molecule has 3 unspecified atom stereocenters. The summed E-state index contributed by atoms with van der Waals surface area (Å²) in [4.78, 5) is 16.8. The highest BCUT2D eigenvalue weighted by atomic mass is 16.2. The van der Waals surface area contributed by atoms with Crippen LogP contribution in [0.25, 0.3) is 0 Å². The van der Waals surface area contributed by atoms with Crippen molar-refractivity contribution in [1.82, 2.24) is 10.6 Å². The summed E-state index contributed by atoms with van der Waals surface area (Å²) in [6.07, 6.45) is 5.63. The molecule has 4 heteroatoms. The molecule has 4 nitrogen and oxygen atoms in total. The van der Waals surface area contributed by atoms with Crippen LogP contribution in [0, 0.1) is 11.8 Å². The molecule has 3 atom stereocenters. The largest absolute Gasteiger partial charge is 0.341 e. The quantitative estimate of drug-likeness (QED) is 0.722. The number of nitrogens with one attached hydrogen (secondary N) is 2. The molecule has 0 aromatic heterocycles. The van der Waals surface area contributed by atoms with Gasteiger partial charge in [-0.05, 0) is 31.1 Å². The maximum absolute atomic E-state index is 12.3. The van der Waals surface area contributed by atoms with Gasteiger partial charge in [-0.15, -0.1) is 0 Å². The number of hydrogen-bond donors (Lipinski definition) is 2. The summed E-state index contributed by atoms with van der Waals surface area (Å²) >= 11 is 0. The van der Waals surface area contributed by atoms with Crippen LogP contribution in [-0.4, -0.2) is 23.4 Å². The first-order valence-electron chi connectivity index (χ1n) is 6.79. The number of amides is 1. The number of carbonyl (C=O) groups is 1. The molecule has 94 valence electrons. The van der Waals surface area contributed by atoms with E-state index in [0.29, 0.717) is 17.9 Å². The van der Waals surface area contributed by atoms with Crippen molar-refractivity contribution in [2.24, 2.45) is 16.8 Å². The van der Waals surface area contributed by atoms with Gasteiger partial charge in [0.2, 0.25) is 0 Å². The molecule has 0 aromatic carbocycles. The van der Waals surface area contributed by atoms with Gasteiger partial charge < -0.3 is 5.32 Å². The molecule has 1 amide bonds. The average Bonchev–Trinajstić information content (AvgIpc) is 3.02. The Morgan fingerprint density at radius 3 is 2.76 bits per heavy atom. The van der Waals surface area contributed by atoms with E-state index >= 15 is 0 Å². The predicted octanol–water partition coefficient (Wildman–Crippen LogP) is 1.42. The Kier molecular flexibility index (Phi) is 2.42. The number of hydrogen-bond acceptors (Lipinski definition) is 2. The summed E-state index contributed by atoms with van der Waals surface area (Å²) in [6.45, 7) is 4.44. The van der Waals surface area contributed by atoms with Gasteiger partial charge >= 0.3 is 0 Å². The van der Waals surface area contributed by atoms with Gasteiger partial charge in [0.25, 0.3) is 5.91 Å². The molecule has 3 fully saturated rings. The summed E-state index contributed by atoms with van der Waals surface area (Å²) in [5.41, 5.74) is -0.384. The Balaban J connectivity index is 1.84. The summed E-state index contributed by atoms with van der Waals surface area (Å²) in [5.74, 6) is 1.83. The van der Waals surface area contributed by atoms with Crippen LogP contribution in [0.5, 0.6) is 0 Å². The zero-order chi connectivity index (χ0) is 12.0. The number of guanidine groups is 1. The van der Waals surface area contributed by atoms with Crippen molar-refractivity contribution in [3.8, 4) is 0 Å². The minimum Gasteiger partial charge on any atom is -0.341 e. The predicted molar refractivity (Wildman–Crippen MR) is 66.6 cm³/mol. The highest BCUT2D eigenvalue weighted by Gasteiger charge is 2.52. The van der Waals surface area contributed by atoms with Crippen LogP contribution in [-0.2, 0) is 4.79 Å². The third-order valence-electron chi connectivity index (χ3n) is 4.70. The molecule has 1 saturated heterocycles. The Hall–Kier alpha value is -1.06. The molecule has 3 rings (SSSR count). The lowest BCUT2D eigenvalue weighted by atomic mass is 9.68. The topological polar surface area (TPSA) is 53.5 Å². The SMILES string of the molecule is CC1CCCC2(NC(=NC3CC3)NC2=O)C1C. The zero-order valence-corrected chi connectivity index (χ0v) is 10.6. The van der Waals surface area contributed by atoms with Crippen LogP contribution in [0.1, 0.15) is 46.0 Å². The first-order chi connectivity index (χ1) is 8.12. The lowest BCUT2D eigenvalue weighted by molar-refractivity contribution is -0.127. The van der Waals surface area contributed by atoms with Gasteiger partial charge in [-0.25, -0.2) is 4.99 Å². The van der Waals surface area contributed by atoms with Crippen molar-refractivity contribution < 1.29 is 4.79 Å². The zero-order valence-electron chi connectivity index (χ0n) is 10.6. The third kappa shape index (κ3) is 1.74. The second kappa shape index (κ2) is 3.72. The fourth-order valence-electron chi connectivity index (χ4n) is 3.13. The Morgan fingerprint density at radius 2 is 2.06 bits per heavy atom. The molecule has 0 radical (unpaired) electrons. The molecule has 1 spiro atoms. The van der Waals surface area contributed by atoms with E-state index < -0.39 is 0 Å². The smallest absolute Gasteiger partial charge is 0.252 e. The minimum atomic E-state index is -0.384. The third-order valence-corrected chi connectivity index (χ3v) is 4.70. The first kappa shape index (κ1) is 11.1. The van der Waals surface area contributed by atoms with Gasteiger partial charge in [-0.2, -0.15) is 0 Å².